The first-order valence-corrected chi connectivity index (χ1v) is 7.20. The van der Waals surface area contributed by atoms with E-state index in [1.807, 2.05) is 0 Å². The van der Waals surface area contributed by atoms with Crippen LogP contribution in [0.15, 0.2) is 12.7 Å². The van der Waals surface area contributed by atoms with Gasteiger partial charge in [-0.3, -0.25) is 0 Å². The average molecular weight is 331 g/mol. The molecule has 0 saturated heterocycles. The Balaban J connectivity index is 0.00000200. The van der Waals surface area contributed by atoms with Gasteiger partial charge in [0.2, 0.25) is 0 Å². The molecule has 1 atom stereocenters. The molecule has 0 saturated carbocycles. The summed E-state index contributed by atoms with van der Waals surface area (Å²) in [4.78, 5) is 32.8. The van der Waals surface area contributed by atoms with E-state index in [1.54, 1.807) is 4.57 Å². The fourth-order valence-corrected chi connectivity index (χ4v) is 2.40. The van der Waals surface area contributed by atoms with E-state index in [2.05, 4.69) is 15.0 Å². The van der Waals surface area contributed by atoms with Gasteiger partial charge in [-0.25, -0.2) is 15.0 Å². The maximum absolute atomic E-state index is 10.5. The molecular formula is C9H12N5Na2O4P. The summed E-state index contributed by atoms with van der Waals surface area (Å²) < 4.78 is 12.1. The van der Waals surface area contributed by atoms with E-state index >= 15 is 0 Å². The number of aryl methyl sites for hydroxylation is 1. The molecule has 0 amide bonds. The van der Waals surface area contributed by atoms with Gasteiger partial charge in [-0.2, -0.15) is 0 Å². The fourth-order valence-electron chi connectivity index (χ4n) is 1.70. The number of aromatic nitrogens is 4. The van der Waals surface area contributed by atoms with Crippen LogP contribution in [0.2, 0.25) is 0 Å². The van der Waals surface area contributed by atoms with Crippen LogP contribution in [0, 0.1) is 0 Å². The first kappa shape index (κ1) is 21.5. The molecule has 21 heavy (non-hydrogen) atoms. The zero-order valence-electron chi connectivity index (χ0n) is 11.8. The van der Waals surface area contributed by atoms with Crippen molar-refractivity contribution in [2.45, 2.75) is 19.1 Å². The van der Waals surface area contributed by atoms with Crippen LogP contribution in [0.25, 0.3) is 11.2 Å². The Labute approximate surface area is 165 Å². The van der Waals surface area contributed by atoms with Gasteiger partial charge >= 0.3 is 59.1 Å². The molecule has 0 aliphatic heterocycles. The third-order valence-corrected chi connectivity index (χ3v) is 3.44. The van der Waals surface area contributed by atoms with Gasteiger partial charge in [0.1, 0.15) is 11.8 Å². The summed E-state index contributed by atoms with van der Waals surface area (Å²) in [5, 5.41) is 9.45. The van der Waals surface area contributed by atoms with Crippen LogP contribution >= 0.6 is 7.60 Å². The molecule has 0 fully saturated rings. The first-order chi connectivity index (χ1) is 8.87. The molecular weight excluding hydrogens is 319 g/mol. The Morgan fingerprint density at radius 2 is 2.00 bits per heavy atom. The molecule has 2 aromatic heterocycles. The molecule has 0 spiro atoms. The minimum absolute atomic E-state index is 0. The number of nitrogen functional groups attached to an aromatic ring is 1. The number of aliphatic hydroxyl groups is 1. The van der Waals surface area contributed by atoms with Gasteiger partial charge in [0, 0.05) is 12.7 Å². The molecule has 3 N–H and O–H groups in total. The number of nitrogens with two attached hydrogens (primary N) is 1. The van der Waals surface area contributed by atoms with E-state index in [0.717, 1.165) is 0 Å². The third-order valence-electron chi connectivity index (χ3n) is 2.57. The first-order valence-electron chi connectivity index (χ1n) is 5.47. The van der Waals surface area contributed by atoms with Crippen LogP contribution in [0.3, 0.4) is 0 Å². The van der Waals surface area contributed by atoms with Crippen LogP contribution in [0.5, 0.6) is 0 Å². The van der Waals surface area contributed by atoms with E-state index in [0.29, 0.717) is 11.2 Å². The van der Waals surface area contributed by atoms with Crippen LogP contribution < -0.4 is 74.6 Å². The van der Waals surface area contributed by atoms with E-state index in [1.165, 1.54) is 12.7 Å². The van der Waals surface area contributed by atoms with Crippen LogP contribution in [-0.2, 0) is 11.1 Å². The summed E-state index contributed by atoms with van der Waals surface area (Å²) in [6, 6.07) is 0. The van der Waals surface area contributed by atoms with Crippen molar-refractivity contribution in [3.63, 3.8) is 0 Å². The summed E-state index contributed by atoms with van der Waals surface area (Å²) in [5.74, 6) is 0.243. The molecule has 0 unspecified atom stereocenters. The molecule has 2 rings (SSSR count). The quantitative estimate of drug-likeness (QED) is 0.404. The average Bonchev–Trinajstić information content (AvgIpc) is 2.69. The van der Waals surface area contributed by atoms with Gasteiger partial charge in [-0.1, -0.05) is 7.60 Å². The standard InChI is InChI=1S/C9H14N5O4P.2Na/c10-8-7-9(12-4-11-8)14(5-13-7)2-1-6(15)3-19(16,17)18;;/h4-6,15H,1-3H2,(H2,10,11,12)(H2,16,17,18);;/q;2*+1/p-2/t6-;;/m1../s1. The molecule has 104 valence electrons. The summed E-state index contributed by atoms with van der Waals surface area (Å²) in [6.07, 6.45) is 0.865. The van der Waals surface area contributed by atoms with Gasteiger partial charge < -0.3 is 29.8 Å². The Morgan fingerprint density at radius 1 is 1.33 bits per heavy atom. The molecule has 9 nitrogen and oxygen atoms in total. The minimum Gasteiger partial charge on any atom is -0.811 e. The molecule has 0 aliphatic carbocycles. The van der Waals surface area contributed by atoms with E-state index in [4.69, 9.17) is 5.73 Å². The second-order valence-corrected chi connectivity index (χ2v) is 5.69. The van der Waals surface area contributed by atoms with Gasteiger partial charge in [-0.05, 0) is 6.42 Å². The number of anilines is 1. The van der Waals surface area contributed by atoms with Crippen LogP contribution in [0.4, 0.5) is 5.82 Å². The SMILES string of the molecule is Nc1ncnc2c1ncn2CC[C@@H](O)CP(=O)([O-])[O-].[Na+].[Na+]. The Kier molecular flexibility index (Phi) is 9.12. The number of imidazole rings is 1. The van der Waals surface area contributed by atoms with Crippen molar-refractivity contribution < 1.29 is 78.6 Å². The molecule has 0 bridgehead atoms. The summed E-state index contributed by atoms with van der Waals surface area (Å²) in [6.45, 7) is 0.272. The Hall–Kier alpha value is 0.460. The summed E-state index contributed by atoms with van der Waals surface area (Å²) in [7, 11) is -4.70. The number of nitrogens with zero attached hydrogens (tertiary/aromatic N) is 4. The van der Waals surface area contributed by atoms with Crippen molar-refractivity contribution >= 4 is 24.6 Å². The maximum atomic E-state index is 10.5. The maximum Gasteiger partial charge on any atom is 1.00 e. The summed E-state index contributed by atoms with van der Waals surface area (Å²) >= 11 is 0. The minimum atomic E-state index is -4.70. The molecule has 0 aromatic carbocycles. The Morgan fingerprint density at radius 3 is 2.62 bits per heavy atom. The zero-order chi connectivity index (χ0) is 14.0. The predicted molar refractivity (Wildman–Crippen MR) is 62.8 cm³/mol. The van der Waals surface area contributed by atoms with Crippen molar-refractivity contribution in [2.24, 2.45) is 0 Å². The van der Waals surface area contributed by atoms with E-state index in [-0.39, 0.29) is 77.9 Å². The van der Waals surface area contributed by atoms with Gasteiger partial charge in [-0.15, -0.1) is 0 Å². The number of aliphatic hydroxyl groups excluding tert-OH is 1. The number of rotatable bonds is 5. The number of hydrogen-bond acceptors (Lipinski definition) is 8. The number of fused-ring (bicyclic) bond motifs is 1. The fraction of sp³-hybridized carbons (Fsp3) is 0.444. The van der Waals surface area contributed by atoms with Crippen molar-refractivity contribution in [1.82, 2.24) is 19.5 Å². The molecule has 0 radical (unpaired) electrons. The van der Waals surface area contributed by atoms with E-state index < -0.39 is 19.9 Å². The molecule has 12 heteroatoms. The van der Waals surface area contributed by atoms with Crippen molar-refractivity contribution in [2.75, 3.05) is 11.9 Å². The topological polar surface area (TPSA) is 153 Å². The van der Waals surface area contributed by atoms with Gasteiger partial charge in [0.05, 0.1) is 12.4 Å². The van der Waals surface area contributed by atoms with Crippen molar-refractivity contribution in [3.8, 4) is 0 Å². The second-order valence-electron chi connectivity index (χ2n) is 4.11. The Bertz CT molecular complexity index is 634. The smallest absolute Gasteiger partial charge is 0.811 e. The van der Waals surface area contributed by atoms with Crippen LogP contribution in [-0.4, -0.2) is 36.9 Å². The normalized spacial score (nSPS) is 12.5. The largest absolute Gasteiger partial charge is 1.00 e. The monoisotopic (exact) mass is 331 g/mol. The predicted octanol–water partition coefficient (Wildman–Crippen LogP) is -7.92. The third kappa shape index (κ3) is 6.23. The van der Waals surface area contributed by atoms with Crippen molar-refractivity contribution in [1.29, 1.82) is 0 Å². The second kappa shape index (κ2) is 8.93. The zero-order valence-corrected chi connectivity index (χ0v) is 16.7. The van der Waals surface area contributed by atoms with Gasteiger partial charge in [0.15, 0.2) is 11.5 Å². The number of hydrogen-bond donors (Lipinski definition) is 2. The molecule has 2 heterocycles. The summed E-state index contributed by atoms with van der Waals surface area (Å²) in [5.41, 5.74) is 6.55. The van der Waals surface area contributed by atoms with E-state index in [9.17, 15) is 19.5 Å². The molecule has 0 aliphatic rings. The molecule has 2 aromatic rings. The van der Waals surface area contributed by atoms with Crippen LogP contribution in [0.1, 0.15) is 6.42 Å². The van der Waals surface area contributed by atoms with Gasteiger partial charge in [0.25, 0.3) is 0 Å². The van der Waals surface area contributed by atoms with Crippen molar-refractivity contribution in [3.05, 3.63) is 12.7 Å².